The van der Waals surface area contributed by atoms with Gasteiger partial charge in [0.1, 0.15) is 0 Å². The van der Waals surface area contributed by atoms with Gasteiger partial charge in [-0.05, 0) is 31.9 Å². The highest BCUT2D eigenvalue weighted by Crippen LogP contribution is 2.20. The molecule has 6 nitrogen and oxygen atoms in total. The molecule has 0 bridgehead atoms. The molecule has 0 aliphatic rings. The Balaban J connectivity index is 2.25. The molecule has 0 aliphatic heterocycles. The molecule has 1 atom stereocenters. The summed E-state index contributed by atoms with van der Waals surface area (Å²) in [6, 6.07) is 9.43. The van der Waals surface area contributed by atoms with Crippen LogP contribution in [0.1, 0.15) is 37.2 Å². The molecule has 0 aliphatic carbocycles. The molecule has 2 N–H and O–H groups in total. The molecule has 2 rings (SSSR count). The average molecular weight is 317 g/mol. The lowest BCUT2D eigenvalue weighted by atomic mass is 10.2. The van der Waals surface area contributed by atoms with E-state index < -0.39 is 0 Å². The van der Waals surface area contributed by atoms with Crippen LogP contribution in [-0.2, 0) is 0 Å². The third-order valence-electron chi connectivity index (χ3n) is 3.32. The molecule has 23 heavy (non-hydrogen) atoms. The Morgan fingerprint density at radius 3 is 2.78 bits per heavy atom. The second-order valence-electron chi connectivity index (χ2n) is 5.36. The van der Waals surface area contributed by atoms with Crippen molar-refractivity contribution in [3.05, 3.63) is 42.2 Å². The number of hydrogen-bond donors (Lipinski definition) is 2. The molecule has 2 aromatic rings. The van der Waals surface area contributed by atoms with Gasteiger partial charge < -0.3 is 15.2 Å². The summed E-state index contributed by atoms with van der Waals surface area (Å²) < 4.78 is 7.29. The Labute approximate surface area is 136 Å². The van der Waals surface area contributed by atoms with Crippen molar-refractivity contribution in [3.8, 4) is 11.4 Å². The van der Waals surface area contributed by atoms with Gasteiger partial charge in [0.25, 0.3) is 5.91 Å². The standard InChI is InChI=1S/C17H23N3O3/c1-3-11-23-15-12-20(14-7-5-4-6-8-14)19-16(15)17(22)18-13(2)9-10-21/h4-8,12-13,21H,3,9-11H2,1-2H3,(H,18,22). The fraction of sp³-hybridized carbons (Fsp3) is 0.412. The Morgan fingerprint density at radius 1 is 1.39 bits per heavy atom. The highest BCUT2D eigenvalue weighted by Gasteiger charge is 2.20. The third-order valence-corrected chi connectivity index (χ3v) is 3.32. The van der Waals surface area contributed by atoms with E-state index in [1.165, 1.54) is 0 Å². The normalized spacial score (nSPS) is 12.0. The van der Waals surface area contributed by atoms with E-state index >= 15 is 0 Å². The highest BCUT2D eigenvalue weighted by molar-refractivity contribution is 5.95. The van der Waals surface area contributed by atoms with E-state index in [-0.39, 0.29) is 24.2 Å². The topological polar surface area (TPSA) is 76.4 Å². The van der Waals surface area contributed by atoms with Gasteiger partial charge >= 0.3 is 0 Å². The van der Waals surface area contributed by atoms with Crippen LogP contribution in [0.5, 0.6) is 5.75 Å². The second kappa shape index (κ2) is 8.33. The highest BCUT2D eigenvalue weighted by atomic mass is 16.5. The predicted octanol–water partition coefficient (Wildman–Crippen LogP) is 2.16. The summed E-state index contributed by atoms with van der Waals surface area (Å²) in [7, 11) is 0. The SMILES string of the molecule is CCCOc1cn(-c2ccccc2)nc1C(=O)NC(C)CCO. The smallest absolute Gasteiger partial charge is 0.275 e. The molecule has 6 heteroatoms. The van der Waals surface area contributed by atoms with E-state index in [0.717, 1.165) is 12.1 Å². The van der Waals surface area contributed by atoms with Gasteiger partial charge in [0.2, 0.25) is 0 Å². The number of amides is 1. The minimum atomic E-state index is -0.299. The average Bonchev–Trinajstić information content (AvgIpc) is 2.98. The van der Waals surface area contributed by atoms with Gasteiger partial charge in [0.05, 0.1) is 18.5 Å². The van der Waals surface area contributed by atoms with Gasteiger partial charge in [-0.1, -0.05) is 25.1 Å². The zero-order valence-corrected chi connectivity index (χ0v) is 13.5. The van der Waals surface area contributed by atoms with Crippen LogP contribution in [0.3, 0.4) is 0 Å². The quantitative estimate of drug-likeness (QED) is 0.782. The van der Waals surface area contributed by atoms with Gasteiger partial charge in [0.15, 0.2) is 11.4 Å². The summed E-state index contributed by atoms with van der Waals surface area (Å²) in [5.41, 5.74) is 1.11. The summed E-state index contributed by atoms with van der Waals surface area (Å²) in [6.07, 6.45) is 3.06. The molecule has 1 amide bonds. The van der Waals surface area contributed by atoms with E-state index in [9.17, 15) is 4.79 Å². The largest absolute Gasteiger partial charge is 0.489 e. The summed E-state index contributed by atoms with van der Waals surface area (Å²) in [5.74, 6) is 0.163. The number of benzene rings is 1. The van der Waals surface area contributed by atoms with Crippen molar-refractivity contribution in [3.63, 3.8) is 0 Å². The fourth-order valence-electron chi connectivity index (χ4n) is 2.10. The van der Waals surface area contributed by atoms with Crippen molar-refractivity contribution in [2.45, 2.75) is 32.7 Å². The van der Waals surface area contributed by atoms with Crippen molar-refractivity contribution < 1.29 is 14.6 Å². The molecule has 0 saturated heterocycles. The first-order valence-electron chi connectivity index (χ1n) is 7.85. The van der Waals surface area contributed by atoms with Crippen molar-refractivity contribution in [2.75, 3.05) is 13.2 Å². The van der Waals surface area contributed by atoms with E-state index in [1.807, 2.05) is 44.2 Å². The van der Waals surface area contributed by atoms with Gasteiger partial charge in [0, 0.05) is 12.6 Å². The molecule has 0 fully saturated rings. The van der Waals surface area contributed by atoms with E-state index in [4.69, 9.17) is 9.84 Å². The van der Waals surface area contributed by atoms with Gasteiger partial charge in [-0.3, -0.25) is 4.79 Å². The van der Waals surface area contributed by atoms with Crippen LogP contribution < -0.4 is 10.1 Å². The maximum Gasteiger partial charge on any atom is 0.275 e. The minimum Gasteiger partial charge on any atom is -0.489 e. The van der Waals surface area contributed by atoms with Crippen LogP contribution in [-0.4, -0.2) is 40.0 Å². The van der Waals surface area contributed by atoms with E-state index in [1.54, 1.807) is 10.9 Å². The van der Waals surface area contributed by atoms with Crippen LogP contribution in [0.25, 0.3) is 5.69 Å². The number of hydrogen-bond acceptors (Lipinski definition) is 4. The first-order chi connectivity index (χ1) is 11.2. The van der Waals surface area contributed by atoms with Crippen LogP contribution in [0.15, 0.2) is 36.5 Å². The number of aliphatic hydroxyl groups is 1. The number of aromatic nitrogens is 2. The number of carbonyl (C=O) groups is 1. The molecular weight excluding hydrogens is 294 g/mol. The van der Waals surface area contributed by atoms with Crippen LogP contribution in [0, 0.1) is 0 Å². The fourth-order valence-corrected chi connectivity index (χ4v) is 2.10. The summed E-state index contributed by atoms with van der Waals surface area (Å²) in [6.45, 7) is 4.39. The summed E-state index contributed by atoms with van der Waals surface area (Å²) in [4.78, 5) is 12.4. The minimum absolute atomic E-state index is 0.0269. The predicted molar refractivity (Wildman–Crippen MR) is 88.0 cm³/mol. The van der Waals surface area contributed by atoms with E-state index in [2.05, 4.69) is 10.4 Å². The van der Waals surface area contributed by atoms with Gasteiger partial charge in [-0.2, -0.15) is 5.10 Å². The number of rotatable bonds is 8. The summed E-state index contributed by atoms with van der Waals surface area (Å²) >= 11 is 0. The molecule has 1 heterocycles. The molecule has 0 radical (unpaired) electrons. The van der Waals surface area contributed by atoms with E-state index in [0.29, 0.717) is 18.8 Å². The Bertz CT molecular complexity index is 625. The number of nitrogens with zero attached hydrogens (tertiary/aromatic N) is 2. The molecule has 1 aromatic carbocycles. The zero-order chi connectivity index (χ0) is 16.7. The Kier molecular flexibility index (Phi) is 6.17. The molecule has 1 aromatic heterocycles. The van der Waals surface area contributed by atoms with Crippen LogP contribution in [0.4, 0.5) is 0 Å². The van der Waals surface area contributed by atoms with Crippen molar-refractivity contribution in [1.82, 2.24) is 15.1 Å². The van der Waals surface area contributed by atoms with Crippen LogP contribution >= 0.6 is 0 Å². The van der Waals surface area contributed by atoms with Crippen molar-refractivity contribution >= 4 is 5.91 Å². The van der Waals surface area contributed by atoms with Crippen LogP contribution in [0.2, 0.25) is 0 Å². The van der Waals surface area contributed by atoms with Gasteiger partial charge in [-0.15, -0.1) is 0 Å². The number of para-hydroxylation sites is 1. The first kappa shape index (κ1) is 17.0. The maximum atomic E-state index is 12.4. The number of aliphatic hydroxyl groups excluding tert-OH is 1. The number of ether oxygens (including phenoxy) is 1. The number of carbonyl (C=O) groups excluding carboxylic acids is 1. The van der Waals surface area contributed by atoms with Gasteiger partial charge in [-0.25, -0.2) is 4.68 Å². The Hall–Kier alpha value is -2.34. The lowest BCUT2D eigenvalue weighted by Crippen LogP contribution is -2.33. The second-order valence-corrected chi connectivity index (χ2v) is 5.36. The zero-order valence-electron chi connectivity index (χ0n) is 13.5. The lowest BCUT2D eigenvalue weighted by molar-refractivity contribution is 0.0925. The first-order valence-corrected chi connectivity index (χ1v) is 7.85. The number of nitrogens with one attached hydrogen (secondary N) is 1. The van der Waals surface area contributed by atoms with Crippen molar-refractivity contribution in [2.24, 2.45) is 0 Å². The Morgan fingerprint density at radius 2 is 2.13 bits per heavy atom. The molecule has 124 valence electrons. The molecule has 1 unspecified atom stereocenters. The lowest BCUT2D eigenvalue weighted by Gasteiger charge is -2.11. The molecule has 0 saturated carbocycles. The maximum absolute atomic E-state index is 12.4. The third kappa shape index (κ3) is 4.56. The monoisotopic (exact) mass is 317 g/mol. The summed E-state index contributed by atoms with van der Waals surface area (Å²) in [5, 5.41) is 16.1. The van der Waals surface area contributed by atoms with Crippen molar-refractivity contribution in [1.29, 1.82) is 0 Å². The molecule has 0 spiro atoms. The molecular formula is C17H23N3O3.